The molecule has 0 amide bonds. The Bertz CT molecular complexity index is 856. The fourth-order valence-corrected chi connectivity index (χ4v) is 2.88. The van der Waals surface area contributed by atoms with Crippen LogP contribution in [0.4, 0.5) is 0 Å². The predicted octanol–water partition coefficient (Wildman–Crippen LogP) is 4.65. The van der Waals surface area contributed by atoms with Crippen molar-refractivity contribution in [3.05, 3.63) is 64.5 Å². The quantitative estimate of drug-likeness (QED) is 0.625. The molecule has 1 aromatic carbocycles. The van der Waals surface area contributed by atoms with Crippen molar-refractivity contribution in [1.82, 2.24) is 4.40 Å². The maximum absolute atomic E-state index is 11.6. The van der Waals surface area contributed by atoms with Gasteiger partial charge in [0.1, 0.15) is 0 Å². The molecule has 0 bridgehead atoms. The molecule has 0 spiro atoms. The van der Waals surface area contributed by atoms with Crippen LogP contribution in [0.5, 0.6) is 0 Å². The fraction of sp³-hybridized carbons (Fsp3) is 0.211. The van der Waals surface area contributed by atoms with Gasteiger partial charge in [-0.25, -0.2) is 0 Å². The van der Waals surface area contributed by atoms with Gasteiger partial charge >= 0.3 is 0 Å². The van der Waals surface area contributed by atoms with E-state index >= 15 is 0 Å². The number of aryl methyl sites for hydroxylation is 4. The number of rotatable bonds is 2. The Labute approximate surface area is 125 Å². The second kappa shape index (κ2) is 4.88. The van der Waals surface area contributed by atoms with Crippen molar-refractivity contribution in [3.8, 4) is 11.1 Å². The topological polar surface area (TPSA) is 21.5 Å². The molecule has 0 saturated heterocycles. The Morgan fingerprint density at radius 2 is 1.57 bits per heavy atom. The Balaban J connectivity index is 2.35. The van der Waals surface area contributed by atoms with Gasteiger partial charge in [0.25, 0.3) is 0 Å². The summed E-state index contributed by atoms with van der Waals surface area (Å²) >= 11 is 0. The van der Waals surface area contributed by atoms with E-state index < -0.39 is 0 Å². The molecule has 0 unspecified atom stereocenters. The molecule has 2 heterocycles. The molecule has 0 aliphatic rings. The molecule has 0 aliphatic carbocycles. The van der Waals surface area contributed by atoms with Crippen LogP contribution in [0.3, 0.4) is 0 Å². The summed E-state index contributed by atoms with van der Waals surface area (Å²) < 4.78 is 1.98. The number of benzene rings is 1. The predicted molar refractivity (Wildman–Crippen MR) is 87.2 cm³/mol. The minimum Gasteiger partial charge on any atom is -0.313 e. The third-order valence-corrected chi connectivity index (χ3v) is 4.20. The van der Waals surface area contributed by atoms with Crippen LogP contribution in [0.25, 0.3) is 16.6 Å². The first-order valence-corrected chi connectivity index (χ1v) is 7.16. The first-order valence-electron chi connectivity index (χ1n) is 7.16. The zero-order chi connectivity index (χ0) is 15.1. The third kappa shape index (κ3) is 2.17. The minimum atomic E-state index is 0.722. The average Bonchev–Trinajstić information content (AvgIpc) is 2.80. The summed E-state index contributed by atoms with van der Waals surface area (Å²) in [5.41, 5.74) is 8.80. The van der Waals surface area contributed by atoms with Crippen LogP contribution < -0.4 is 0 Å². The minimum absolute atomic E-state index is 0.722. The molecule has 0 fully saturated rings. The Hall–Kier alpha value is -2.35. The fourth-order valence-electron chi connectivity index (χ4n) is 2.88. The van der Waals surface area contributed by atoms with Gasteiger partial charge in [-0.1, -0.05) is 18.2 Å². The largest absolute Gasteiger partial charge is 0.313 e. The van der Waals surface area contributed by atoms with E-state index in [0.29, 0.717) is 0 Å². The van der Waals surface area contributed by atoms with Gasteiger partial charge in [0.2, 0.25) is 0 Å². The SMILES string of the molecule is Cc1ccc2cc(-c3cc(C)c(C)cc3C)c(C=O)n2c1. The molecule has 0 saturated carbocycles. The summed E-state index contributed by atoms with van der Waals surface area (Å²) in [7, 11) is 0. The maximum Gasteiger partial charge on any atom is 0.167 e. The zero-order valence-corrected chi connectivity index (χ0v) is 12.9. The summed E-state index contributed by atoms with van der Waals surface area (Å²) in [6.45, 7) is 8.37. The van der Waals surface area contributed by atoms with E-state index in [1.807, 2.05) is 17.5 Å². The van der Waals surface area contributed by atoms with Gasteiger partial charge in [-0.3, -0.25) is 4.79 Å². The lowest BCUT2D eigenvalue weighted by molar-refractivity contribution is 0.111. The van der Waals surface area contributed by atoms with Crippen LogP contribution in [-0.2, 0) is 0 Å². The zero-order valence-electron chi connectivity index (χ0n) is 12.9. The number of fused-ring (bicyclic) bond motifs is 1. The summed E-state index contributed by atoms with van der Waals surface area (Å²) in [5.74, 6) is 0. The van der Waals surface area contributed by atoms with E-state index in [4.69, 9.17) is 0 Å². The second-order valence-corrected chi connectivity index (χ2v) is 5.81. The molecule has 0 atom stereocenters. The highest BCUT2D eigenvalue weighted by atomic mass is 16.1. The van der Waals surface area contributed by atoms with Crippen molar-refractivity contribution in [2.24, 2.45) is 0 Å². The Kier molecular flexibility index (Phi) is 3.17. The summed E-state index contributed by atoms with van der Waals surface area (Å²) in [5, 5.41) is 0. The smallest absolute Gasteiger partial charge is 0.167 e. The first-order chi connectivity index (χ1) is 10.0. The van der Waals surface area contributed by atoms with Crippen LogP contribution >= 0.6 is 0 Å². The molecule has 21 heavy (non-hydrogen) atoms. The maximum atomic E-state index is 11.6. The van der Waals surface area contributed by atoms with Crippen LogP contribution in [0, 0.1) is 27.7 Å². The molecule has 3 aromatic rings. The Morgan fingerprint density at radius 3 is 2.29 bits per heavy atom. The van der Waals surface area contributed by atoms with E-state index in [1.165, 1.54) is 16.7 Å². The number of hydrogen-bond acceptors (Lipinski definition) is 1. The lowest BCUT2D eigenvalue weighted by Crippen LogP contribution is -1.95. The van der Waals surface area contributed by atoms with E-state index in [2.05, 4.69) is 51.1 Å². The molecule has 0 aliphatic heterocycles. The lowest BCUT2D eigenvalue weighted by atomic mass is 9.95. The van der Waals surface area contributed by atoms with E-state index in [1.54, 1.807) is 0 Å². The highest BCUT2D eigenvalue weighted by Gasteiger charge is 2.14. The summed E-state index contributed by atoms with van der Waals surface area (Å²) in [4.78, 5) is 11.6. The molecule has 0 N–H and O–H groups in total. The average molecular weight is 277 g/mol. The molecule has 2 nitrogen and oxygen atoms in total. The molecule has 3 rings (SSSR count). The molecule has 106 valence electrons. The van der Waals surface area contributed by atoms with Crippen LogP contribution in [0.1, 0.15) is 32.7 Å². The molecular weight excluding hydrogens is 258 g/mol. The van der Waals surface area contributed by atoms with Gasteiger partial charge in [-0.05, 0) is 67.6 Å². The van der Waals surface area contributed by atoms with E-state index in [9.17, 15) is 4.79 Å². The van der Waals surface area contributed by atoms with E-state index in [0.717, 1.165) is 34.2 Å². The normalized spacial score (nSPS) is 11.0. The number of carbonyl (C=O) groups is 1. The van der Waals surface area contributed by atoms with Crippen molar-refractivity contribution in [2.45, 2.75) is 27.7 Å². The number of pyridine rings is 1. The van der Waals surface area contributed by atoms with Crippen molar-refractivity contribution in [1.29, 1.82) is 0 Å². The number of aromatic nitrogens is 1. The highest BCUT2D eigenvalue weighted by Crippen LogP contribution is 2.31. The number of hydrogen-bond donors (Lipinski definition) is 0. The second-order valence-electron chi connectivity index (χ2n) is 5.81. The van der Waals surface area contributed by atoms with Crippen LogP contribution in [0.15, 0.2) is 36.5 Å². The van der Waals surface area contributed by atoms with Crippen molar-refractivity contribution < 1.29 is 4.79 Å². The number of nitrogens with zero attached hydrogens (tertiary/aromatic N) is 1. The van der Waals surface area contributed by atoms with Crippen molar-refractivity contribution in [2.75, 3.05) is 0 Å². The van der Waals surface area contributed by atoms with E-state index in [-0.39, 0.29) is 0 Å². The monoisotopic (exact) mass is 277 g/mol. The van der Waals surface area contributed by atoms with Gasteiger partial charge in [-0.15, -0.1) is 0 Å². The van der Waals surface area contributed by atoms with Crippen LogP contribution in [0.2, 0.25) is 0 Å². The van der Waals surface area contributed by atoms with Gasteiger partial charge in [0.15, 0.2) is 6.29 Å². The molecule has 2 aromatic heterocycles. The van der Waals surface area contributed by atoms with Gasteiger partial charge in [-0.2, -0.15) is 0 Å². The molecule has 0 radical (unpaired) electrons. The molecular formula is C19H19NO. The summed E-state index contributed by atoms with van der Waals surface area (Å²) in [6.07, 6.45) is 2.97. The lowest BCUT2D eigenvalue weighted by Gasteiger charge is -2.09. The third-order valence-electron chi connectivity index (χ3n) is 4.20. The standard InChI is InChI=1S/C19H19NO/c1-12-5-6-16-9-18(19(11-21)20(16)10-12)17-8-14(3)13(2)7-15(17)4/h5-11H,1-4H3. The van der Waals surface area contributed by atoms with Gasteiger partial charge < -0.3 is 4.40 Å². The van der Waals surface area contributed by atoms with Crippen LogP contribution in [-0.4, -0.2) is 10.7 Å². The van der Waals surface area contributed by atoms with Gasteiger partial charge in [0.05, 0.1) is 5.69 Å². The van der Waals surface area contributed by atoms with Crippen molar-refractivity contribution >= 4 is 11.8 Å². The number of aldehydes is 1. The number of carbonyl (C=O) groups excluding carboxylic acids is 1. The first kappa shape index (κ1) is 13.6. The van der Waals surface area contributed by atoms with Crippen molar-refractivity contribution in [3.63, 3.8) is 0 Å². The van der Waals surface area contributed by atoms with Gasteiger partial charge in [0, 0.05) is 17.3 Å². The Morgan fingerprint density at radius 1 is 0.857 bits per heavy atom. The molecule has 2 heteroatoms. The summed E-state index contributed by atoms with van der Waals surface area (Å²) in [6, 6.07) is 10.6. The highest BCUT2D eigenvalue weighted by molar-refractivity contribution is 5.91.